The summed E-state index contributed by atoms with van der Waals surface area (Å²) in [5.41, 5.74) is 4.01. The molecule has 0 aliphatic heterocycles. The Balaban J connectivity index is 1.40. The van der Waals surface area contributed by atoms with Crippen molar-refractivity contribution in [3.8, 4) is 11.1 Å². The van der Waals surface area contributed by atoms with Gasteiger partial charge in [-0.05, 0) is 35.7 Å². The van der Waals surface area contributed by atoms with Crippen molar-refractivity contribution in [1.82, 2.24) is 0 Å². The third-order valence-corrected chi connectivity index (χ3v) is 4.56. The first-order valence-electron chi connectivity index (χ1n) is 9.01. The van der Waals surface area contributed by atoms with Gasteiger partial charge in [-0.25, -0.2) is 0 Å². The number of para-hydroxylation sites is 1. The highest BCUT2D eigenvalue weighted by molar-refractivity contribution is 5.78. The van der Waals surface area contributed by atoms with E-state index < -0.39 is 6.10 Å². The van der Waals surface area contributed by atoms with E-state index in [1.807, 2.05) is 79.7 Å². The fourth-order valence-corrected chi connectivity index (χ4v) is 3.11. The predicted molar refractivity (Wildman–Crippen MR) is 106 cm³/mol. The summed E-state index contributed by atoms with van der Waals surface area (Å²) in [4.78, 5) is 12.3. The lowest BCUT2D eigenvalue weighted by Gasteiger charge is -2.11. The van der Waals surface area contributed by atoms with Gasteiger partial charge < -0.3 is 9.15 Å². The van der Waals surface area contributed by atoms with E-state index in [9.17, 15) is 4.79 Å². The molecule has 1 atom stereocenters. The molecular weight excluding hydrogens is 336 g/mol. The summed E-state index contributed by atoms with van der Waals surface area (Å²) in [5.74, 6) is 0.388. The van der Waals surface area contributed by atoms with Crippen molar-refractivity contribution in [2.24, 2.45) is 0 Å². The number of hydrogen-bond donors (Lipinski definition) is 0. The quantitative estimate of drug-likeness (QED) is 0.415. The molecular formula is C24H20O3. The molecule has 3 heteroatoms. The van der Waals surface area contributed by atoms with Crippen LogP contribution < -0.4 is 0 Å². The second-order valence-corrected chi connectivity index (χ2v) is 6.56. The zero-order valence-corrected chi connectivity index (χ0v) is 15.1. The average Bonchev–Trinajstić information content (AvgIpc) is 3.14. The zero-order chi connectivity index (χ0) is 18.6. The molecule has 0 N–H and O–H groups in total. The zero-order valence-electron chi connectivity index (χ0n) is 15.1. The number of furan rings is 1. The van der Waals surface area contributed by atoms with E-state index >= 15 is 0 Å². The predicted octanol–water partition coefficient (Wildman–Crippen LogP) is 5.95. The molecule has 0 aliphatic carbocycles. The minimum atomic E-state index is -0.423. The number of esters is 1. The van der Waals surface area contributed by atoms with Crippen molar-refractivity contribution >= 4 is 16.9 Å². The Morgan fingerprint density at radius 2 is 1.56 bits per heavy atom. The van der Waals surface area contributed by atoms with Crippen LogP contribution in [-0.2, 0) is 16.0 Å². The van der Waals surface area contributed by atoms with E-state index in [-0.39, 0.29) is 12.4 Å². The van der Waals surface area contributed by atoms with E-state index in [1.54, 1.807) is 0 Å². The van der Waals surface area contributed by atoms with Crippen molar-refractivity contribution in [2.45, 2.75) is 19.4 Å². The summed E-state index contributed by atoms with van der Waals surface area (Å²) in [6.45, 7) is 1.83. The summed E-state index contributed by atoms with van der Waals surface area (Å²) in [6, 6.07) is 27.8. The SMILES string of the molecule is CC(OC(=O)Cc1ccc(-c2ccccc2)cc1)c1cc2ccccc2o1. The van der Waals surface area contributed by atoms with Crippen LogP contribution in [0.1, 0.15) is 24.4 Å². The van der Waals surface area contributed by atoms with Crippen molar-refractivity contribution in [2.75, 3.05) is 0 Å². The van der Waals surface area contributed by atoms with Gasteiger partial charge in [-0.3, -0.25) is 4.79 Å². The number of carbonyl (C=O) groups is 1. The molecule has 0 fully saturated rings. The van der Waals surface area contributed by atoms with Gasteiger partial charge in [-0.1, -0.05) is 72.8 Å². The molecule has 0 amide bonds. The Labute approximate surface area is 158 Å². The van der Waals surface area contributed by atoms with Gasteiger partial charge >= 0.3 is 5.97 Å². The van der Waals surface area contributed by atoms with Crippen molar-refractivity contribution in [3.63, 3.8) is 0 Å². The van der Waals surface area contributed by atoms with Crippen molar-refractivity contribution in [1.29, 1.82) is 0 Å². The van der Waals surface area contributed by atoms with E-state index in [0.29, 0.717) is 5.76 Å². The lowest BCUT2D eigenvalue weighted by molar-refractivity contribution is -0.148. The summed E-state index contributed by atoms with van der Waals surface area (Å²) < 4.78 is 11.3. The third kappa shape index (κ3) is 3.93. The summed E-state index contributed by atoms with van der Waals surface area (Å²) >= 11 is 0. The molecule has 3 nitrogen and oxygen atoms in total. The van der Waals surface area contributed by atoms with Gasteiger partial charge in [0.15, 0.2) is 6.10 Å². The van der Waals surface area contributed by atoms with E-state index in [4.69, 9.17) is 9.15 Å². The number of fused-ring (bicyclic) bond motifs is 1. The number of hydrogen-bond acceptors (Lipinski definition) is 3. The van der Waals surface area contributed by atoms with Gasteiger partial charge in [0.05, 0.1) is 6.42 Å². The van der Waals surface area contributed by atoms with Crippen LogP contribution in [-0.4, -0.2) is 5.97 Å². The number of carbonyl (C=O) groups excluding carboxylic acids is 1. The fraction of sp³-hybridized carbons (Fsp3) is 0.125. The number of ether oxygens (including phenoxy) is 1. The lowest BCUT2D eigenvalue weighted by atomic mass is 10.0. The van der Waals surface area contributed by atoms with E-state index in [0.717, 1.165) is 27.7 Å². The maximum Gasteiger partial charge on any atom is 0.310 e. The Morgan fingerprint density at radius 3 is 2.30 bits per heavy atom. The van der Waals surface area contributed by atoms with Crippen LogP contribution in [0.4, 0.5) is 0 Å². The summed E-state index contributed by atoms with van der Waals surface area (Å²) in [6.07, 6.45) is -0.187. The third-order valence-electron chi connectivity index (χ3n) is 4.56. The van der Waals surface area contributed by atoms with Gasteiger partial charge in [-0.2, -0.15) is 0 Å². The fourth-order valence-electron chi connectivity index (χ4n) is 3.11. The highest BCUT2D eigenvalue weighted by atomic mass is 16.5. The molecule has 4 rings (SSSR count). The van der Waals surface area contributed by atoms with Gasteiger partial charge in [0.2, 0.25) is 0 Å². The normalized spacial score (nSPS) is 12.0. The standard InChI is InChI=1S/C24H20O3/c1-17(23-16-21-9-5-6-10-22(21)27-23)26-24(25)15-18-11-13-20(14-12-18)19-7-3-2-4-8-19/h2-14,16-17H,15H2,1H3. The molecule has 1 unspecified atom stereocenters. The molecule has 0 aliphatic rings. The average molecular weight is 356 g/mol. The topological polar surface area (TPSA) is 39.4 Å². The van der Waals surface area contributed by atoms with Crippen LogP contribution in [0.25, 0.3) is 22.1 Å². The largest absolute Gasteiger partial charge is 0.457 e. The monoisotopic (exact) mass is 356 g/mol. The maximum absolute atomic E-state index is 12.3. The Bertz CT molecular complexity index is 1010. The van der Waals surface area contributed by atoms with Crippen molar-refractivity contribution in [3.05, 3.63) is 96.3 Å². The minimum absolute atomic E-state index is 0.236. The molecule has 3 aromatic carbocycles. The van der Waals surface area contributed by atoms with Crippen LogP contribution in [0.15, 0.2) is 89.3 Å². The smallest absolute Gasteiger partial charge is 0.310 e. The molecule has 0 radical (unpaired) electrons. The van der Waals surface area contributed by atoms with Gasteiger partial charge in [0.1, 0.15) is 11.3 Å². The van der Waals surface area contributed by atoms with Crippen LogP contribution in [0.3, 0.4) is 0 Å². The van der Waals surface area contributed by atoms with Crippen LogP contribution in [0, 0.1) is 0 Å². The van der Waals surface area contributed by atoms with Crippen LogP contribution in [0.5, 0.6) is 0 Å². The second-order valence-electron chi connectivity index (χ2n) is 6.56. The molecule has 0 spiro atoms. The van der Waals surface area contributed by atoms with Gasteiger partial charge in [0.25, 0.3) is 0 Å². The Morgan fingerprint density at radius 1 is 0.889 bits per heavy atom. The number of benzene rings is 3. The molecule has 0 bridgehead atoms. The molecule has 27 heavy (non-hydrogen) atoms. The highest BCUT2D eigenvalue weighted by Crippen LogP contribution is 2.26. The first-order valence-corrected chi connectivity index (χ1v) is 9.01. The molecule has 0 saturated heterocycles. The molecule has 0 saturated carbocycles. The van der Waals surface area contributed by atoms with Crippen LogP contribution in [0.2, 0.25) is 0 Å². The number of rotatable bonds is 5. The van der Waals surface area contributed by atoms with Gasteiger partial charge in [0, 0.05) is 5.39 Å². The van der Waals surface area contributed by atoms with Gasteiger partial charge in [-0.15, -0.1) is 0 Å². The molecule has 4 aromatic rings. The summed E-state index contributed by atoms with van der Waals surface area (Å²) in [5, 5.41) is 1.01. The maximum atomic E-state index is 12.3. The minimum Gasteiger partial charge on any atom is -0.457 e. The lowest BCUT2D eigenvalue weighted by Crippen LogP contribution is -2.11. The van der Waals surface area contributed by atoms with Crippen molar-refractivity contribution < 1.29 is 13.9 Å². The molecule has 1 aromatic heterocycles. The van der Waals surface area contributed by atoms with E-state index in [1.165, 1.54) is 0 Å². The van der Waals surface area contributed by atoms with Crippen LogP contribution >= 0.6 is 0 Å². The Hall–Kier alpha value is -3.33. The second kappa shape index (κ2) is 7.50. The summed E-state index contributed by atoms with van der Waals surface area (Å²) in [7, 11) is 0. The van der Waals surface area contributed by atoms with E-state index in [2.05, 4.69) is 12.1 Å². The first-order chi connectivity index (χ1) is 13.2. The first kappa shape index (κ1) is 17.1. The molecule has 1 heterocycles. The Kier molecular flexibility index (Phi) is 4.75. The highest BCUT2D eigenvalue weighted by Gasteiger charge is 2.16. The molecule has 134 valence electrons.